The highest BCUT2D eigenvalue weighted by Crippen LogP contribution is 2.17. The van der Waals surface area contributed by atoms with Crippen molar-refractivity contribution in [1.29, 1.82) is 0 Å². The van der Waals surface area contributed by atoms with Crippen molar-refractivity contribution >= 4 is 27.0 Å². The molecule has 0 amide bonds. The molecule has 1 aromatic carbocycles. The summed E-state index contributed by atoms with van der Waals surface area (Å²) in [6, 6.07) is 10.00. The van der Waals surface area contributed by atoms with Crippen LogP contribution in [0.3, 0.4) is 0 Å². The molecule has 2 rings (SSSR count). The van der Waals surface area contributed by atoms with E-state index >= 15 is 0 Å². The van der Waals surface area contributed by atoms with Gasteiger partial charge in [-0.05, 0) is 30.5 Å². The van der Waals surface area contributed by atoms with Crippen molar-refractivity contribution in [3.05, 3.63) is 64.5 Å². The lowest BCUT2D eigenvalue weighted by Gasteiger charge is -1.95. The van der Waals surface area contributed by atoms with E-state index in [0.717, 1.165) is 16.0 Å². The first-order valence-corrected chi connectivity index (χ1v) is 8.37. The monoisotopic (exact) mass is 323 g/mol. The van der Waals surface area contributed by atoms with Crippen LogP contribution in [0.2, 0.25) is 0 Å². The van der Waals surface area contributed by atoms with Gasteiger partial charge in [0.25, 0.3) is 10.1 Å². The maximum Gasteiger partial charge on any atom is 0.294 e. The zero-order chi connectivity index (χ0) is 15.9. The molecule has 3 N–H and O–H groups in total. The Morgan fingerprint density at radius 1 is 1.33 bits per heavy atom. The summed E-state index contributed by atoms with van der Waals surface area (Å²) < 4.78 is 29.6. The third kappa shape index (κ3) is 5.67. The van der Waals surface area contributed by atoms with Crippen LogP contribution in [0, 0.1) is 6.92 Å². The van der Waals surface area contributed by atoms with Crippen LogP contribution < -0.4 is 5.73 Å². The third-order valence-corrected chi connectivity index (χ3v) is 4.35. The van der Waals surface area contributed by atoms with E-state index in [2.05, 4.69) is 12.3 Å². The van der Waals surface area contributed by atoms with Crippen LogP contribution in [0.15, 0.2) is 59.0 Å². The summed E-state index contributed by atoms with van der Waals surface area (Å²) in [7, 11) is -4.02. The molecule has 1 heterocycles. The summed E-state index contributed by atoms with van der Waals surface area (Å²) in [4.78, 5) is 1.10. The molecule has 0 radical (unpaired) electrons. The minimum absolute atomic E-state index is 0.0666. The summed E-state index contributed by atoms with van der Waals surface area (Å²) in [5, 5.41) is 2.02. The van der Waals surface area contributed by atoms with Crippen molar-refractivity contribution in [3.8, 4) is 0 Å². The summed E-state index contributed by atoms with van der Waals surface area (Å²) in [5.74, 6) is 0. The predicted octanol–water partition coefficient (Wildman–Crippen LogP) is 3.12. The largest absolute Gasteiger partial charge is 0.326 e. The van der Waals surface area contributed by atoms with Crippen LogP contribution in [-0.4, -0.2) is 19.5 Å². The SMILES string of the molecule is C=C=C(CN)c1cccs1.Cc1ccc(S(=O)(=O)O)cc1. The average molecular weight is 323 g/mol. The number of rotatable bonds is 3. The Labute approximate surface area is 129 Å². The molecule has 112 valence electrons. The fourth-order valence-corrected chi connectivity index (χ4v) is 2.66. The Hall–Kier alpha value is -1.69. The number of hydrogen-bond acceptors (Lipinski definition) is 4. The van der Waals surface area contributed by atoms with E-state index in [1.165, 1.54) is 12.1 Å². The summed E-state index contributed by atoms with van der Waals surface area (Å²) >= 11 is 1.66. The van der Waals surface area contributed by atoms with Gasteiger partial charge in [-0.1, -0.05) is 30.3 Å². The number of thiophene rings is 1. The molecule has 0 aliphatic heterocycles. The molecule has 0 aliphatic carbocycles. The van der Waals surface area contributed by atoms with Gasteiger partial charge in [0.2, 0.25) is 0 Å². The molecule has 0 fully saturated rings. The van der Waals surface area contributed by atoms with Gasteiger partial charge >= 0.3 is 0 Å². The Morgan fingerprint density at radius 2 is 1.95 bits per heavy atom. The van der Waals surface area contributed by atoms with Crippen molar-refractivity contribution in [2.75, 3.05) is 6.54 Å². The molecular formula is C15H17NO3S2. The Balaban J connectivity index is 0.000000211. The van der Waals surface area contributed by atoms with Crippen LogP contribution in [0.5, 0.6) is 0 Å². The van der Waals surface area contributed by atoms with Gasteiger partial charge in [0.15, 0.2) is 0 Å². The van der Waals surface area contributed by atoms with Gasteiger partial charge in [0.05, 0.1) is 4.90 Å². The second-order valence-corrected chi connectivity index (χ2v) is 6.49. The van der Waals surface area contributed by atoms with E-state index in [-0.39, 0.29) is 4.90 Å². The van der Waals surface area contributed by atoms with Gasteiger partial charge in [-0.15, -0.1) is 17.1 Å². The summed E-state index contributed by atoms with van der Waals surface area (Å²) in [6.07, 6.45) is 0. The maximum absolute atomic E-state index is 10.5. The van der Waals surface area contributed by atoms with Gasteiger partial charge in [0, 0.05) is 17.0 Å². The molecule has 1 aromatic heterocycles. The predicted molar refractivity (Wildman–Crippen MR) is 86.9 cm³/mol. The molecule has 4 nitrogen and oxygen atoms in total. The van der Waals surface area contributed by atoms with E-state index in [4.69, 9.17) is 10.3 Å². The maximum atomic E-state index is 10.5. The molecule has 2 aromatic rings. The highest BCUT2D eigenvalue weighted by Gasteiger charge is 2.06. The van der Waals surface area contributed by atoms with Crippen LogP contribution in [0.1, 0.15) is 10.4 Å². The topological polar surface area (TPSA) is 80.4 Å². The van der Waals surface area contributed by atoms with Gasteiger partial charge in [-0.3, -0.25) is 4.55 Å². The lowest BCUT2D eigenvalue weighted by molar-refractivity contribution is 0.483. The van der Waals surface area contributed by atoms with E-state index in [1.807, 2.05) is 24.4 Å². The fraction of sp³-hybridized carbons (Fsp3) is 0.133. The standard InChI is InChI=1S/C8H9NS.C7H8O3S/c1-2-7(6-9)8-4-3-5-10-8;1-6-2-4-7(5-3-6)11(8,9)10/h3-5H,1,6,9H2;2-5H,1H3,(H,8,9,10). The lowest BCUT2D eigenvalue weighted by Crippen LogP contribution is -1.99. The number of nitrogens with two attached hydrogens (primary N) is 1. The normalized spacial score (nSPS) is 10.2. The van der Waals surface area contributed by atoms with Crippen molar-refractivity contribution < 1.29 is 13.0 Å². The lowest BCUT2D eigenvalue weighted by atomic mass is 10.2. The van der Waals surface area contributed by atoms with Gasteiger partial charge in [-0.2, -0.15) is 8.42 Å². The fourth-order valence-electron chi connectivity index (χ4n) is 1.42. The average Bonchev–Trinajstić information content (AvgIpc) is 2.94. The molecule has 0 saturated heterocycles. The van der Waals surface area contributed by atoms with Gasteiger partial charge in [0.1, 0.15) is 0 Å². The highest BCUT2D eigenvalue weighted by atomic mass is 32.2. The molecular weight excluding hydrogens is 306 g/mol. The summed E-state index contributed by atoms with van der Waals surface area (Å²) in [5.41, 5.74) is 10.2. The van der Waals surface area contributed by atoms with Gasteiger partial charge < -0.3 is 5.73 Å². The first kappa shape index (κ1) is 17.4. The van der Waals surface area contributed by atoms with E-state index < -0.39 is 10.1 Å². The number of hydrogen-bond donors (Lipinski definition) is 2. The first-order valence-electron chi connectivity index (χ1n) is 6.05. The van der Waals surface area contributed by atoms with Crippen molar-refractivity contribution in [3.63, 3.8) is 0 Å². The second kappa shape index (κ2) is 7.93. The summed E-state index contributed by atoms with van der Waals surface area (Å²) in [6.45, 7) is 5.91. The first-order chi connectivity index (χ1) is 9.88. The molecule has 0 aliphatic rings. The van der Waals surface area contributed by atoms with E-state index in [9.17, 15) is 8.42 Å². The molecule has 0 unspecified atom stereocenters. The zero-order valence-corrected chi connectivity index (χ0v) is 13.2. The van der Waals surface area contributed by atoms with E-state index in [1.54, 1.807) is 23.5 Å². The third-order valence-electron chi connectivity index (χ3n) is 2.55. The van der Waals surface area contributed by atoms with E-state index in [0.29, 0.717) is 6.54 Å². The minimum Gasteiger partial charge on any atom is -0.326 e. The Kier molecular flexibility index (Phi) is 6.55. The minimum atomic E-state index is -4.02. The van der Waals surface area contributed by atoms with Crippen LogP contribution >= 0.6 is 11.3 Å². The molecule has 0 saturated carbocycles. The van der Waals surface area contributed by atoms with Crippen LogP contribution in [0.25, 0.3) is 5.57 Å². The van der Waals surface area contributed by atoms with Crippen molar-refractivity contribution in [1.82, 2.24) is 0 Å². The quantitative estimate of drug-likeness (QED) is 0.672. The molecule has 21 heavy (non-hydrogen) atoms. The van der Waals surface area contributed by atoms with Crippen molar-refractivity contribution in [2.24, 2.45) is 5.73 Å². The van der Waals surface area contributed by atoms with Crippen LogP contribution in [-0.2, 0) is 10.1 Å². The molecule has 6 heteroatoms. The van der Waals surface area contributed by atoms with Crippen molar-refractivity contribution in [2.45, 2.75) is 11.8 Å². The number of benzene rings is 1. The molecule has 0 bridgehead atoms. The molecule has 0 spiro atoms. The smallest absolute Gasteiger partial charge is 0.294 e. The zero-order valence-electron chi connectivity index (χ0n) is 11.6. The number of aryl methyl sites for hydroxylation is 1. The Bertz CT molecular complexity index is 711. The highest BCUT2D eigenvalue weighted by molar-refractivity contribution is 7.85. The van der Waals surface area contributed by atoms with Crippen LogP contribution in [0.4, 0.5) is 0 Å². The van der Waals surface area contributed by atoms with Gasteiger partial charge in [-0.25, -0.2) is 0 Å². The Morgan fingerprint density at radius 3 is 2.33 bits per heavy atom. The second-order valence-electron chi connectivity index (χ2n) is 4.12. The molecule has 0 atom stereocenters.